The van der Waals surface area contributed by atoms with Gasteiger partial charge in [0, 0.05) is 5.92 Å². The molecular weight excluding hydrogens is 144 g/mol. The van der Waals surface area contributed by atoms with Gasteiger partial charge in [-0.1, -0.05) is 5.92 Å². The molecule has 60 valence electrons. The minimum absolute atomic E-state index is 0.0758. The zero-order valence-corrected chi connectivity index (χ0v) is 6.21. The molecule has 3 nitrogen and oxygen atoms in total. The largest absolute Gasteiger partial charge is 0.452 e. The Morgan fingerprint density at radius 2 is 2.45 bits per heavy atom. The Kier molecular flexibility index (Phi) is 2.94. The standard InChI is InChI=1S/C8H10O3/c1-2-3-11-8(9)4-7-5-10-6-7/h1,7H,3-6H2. The molecule has 1 heterocycles. The Hall–Kier alpha value is -1.01. The molecule has 11 heavy (non-hydrogen) atoms. The molecule has 1 rings (SSSR count). The first-order valence-electron chi connectivity index (χ1n) is 3.49. The topological polar surface area (TPSA) is 35.5 Å². The van der Waals surface area contributed by atoms with Crippen LogP contribution in [0, 0.1) is 18.3 Å². The van der Waals surface area contributed by atoms with Gasteiger partial charge in [-0.05, 0) is 0 Å². The van der Waals surface area contributed by atoms with E-state index >= 15 is 0 Å². The fourth-order valence-corrected chi connectivity index (χ4v) is 0.819. The van der Waals surface area contributed by atoms with Crippen LogP contribution in [0.25, 0.3) is 0 Å². The first-order chi connectivity index (χ1) is 5.33. The first kappa shape index (κ1) is 8.09. The third kappa shape index (κ3) is 2.60. The number of carbonyl (C=O) groups excluding carboxylic acids is 1. The highest BCUT2D eigenvalue weighted by Gasteiger charge is 2.21. The van der Waals surface area contributed by atoms with Gasteiger partial charge in [-0.3, -0.25) is 4.79 Å². The van der Waals surface area contributed by atoms with Crippen molar-refractivity contribution in [2.45, 2.75) is 6.42 Å². The summed E-state index contributed by atoms with van der Waals surface area (Å²) in [5.74, 6) is 2.36. The molecule has 0 spiro atoms. The van der Waals surface area contributed by atoms with Gasteiger partial charge in [-0.15, -0.1) is 6.42 Å². The first-order valence-corrected chi connectivity index (χ1v) is 3.49. The number of hydrogen-bond donors (Lipinski definition) is 0. The van der Waals surface area contributed by atoms with Gasteiger partial charge in [0.1, 0.15) is 0 Å². The highest BCUT2D eigenvalue weighted by molar-refractivity contribution is 5.69. The molecule has 0 amide bonds. The molecule has 1 fully saturated rings. The van der Waals surface area contributed by atoms with Gasteiger partial charge in [0.15, 0.2) is 6.61 Å². The maximum absolute atomic E-state index is 10.8. The van der Waals surface area contributed by atoms with Gasteiger partial charge in [-0.25, -0.2) is 0 Å². The van der Waals surface area contributed by atoms with Crippen molar-refractivity contribution in [3.8, 4) is 12.3 Å². The van der Waals surface area contributed by atoms with Crippen molar-refractivity contribution in [1.29, 1.82) is 0 Å². The van der Waals surface area contributed by atoms with E-state index in [0.29, 0.717) is 25.6 Å². The molecule has 0 aromatic heterocycles. The number of terminal acetylenes is 1. The number of esters is 1. The average molecular weight is 154 g/mol. The summed E-state index contributed by atoms with van der Waals surface area (Å²) in [6.45, 7) is 1.42. The van der Waals surface area contributed by atoms with Crippen LogP contribution in [0.3, 0.4) is 0 Å². The highest BCUT2D eigenvalue weighted by Crippen LogP contribution is 2.14. The molecule has 0 N–H and O–H groups in total. The average Bonchev–Trinajstić information content (AvgIpc) is 1.93. The SMILES string of the molecule is C#CCOC(=O)CC1COC1. The predicted molar refractivity (Wildman–Crippen MR) is 38.7 cm³/mol. The van der Waals surface area contributed by atoms with E-state index in [1.807, 2.05) is 0 Å². The van der Waals surface area contributed by atoms with Crippen LogP contribution >= 0.6 is 0 Å². The monoisotopic (exact) mass is 154 g/mol. The molecule has 0 aromatic rings. The summed E-state index contributed by atoms with van der Waals surface area (Å²) in [6.07, 6.45) is 5.33. The predicted octanol–water partition coefficient (Wildman–Crippen LogP) is 0.199. The lowest BCUT2D eigenvalue weighted by molar-refractivity contribution is -0.147. The molecule has 1 aliphatic heterocycles. The molecule has 0 atom stereocenters. The van der Waals surface area contributed by atoms with Gasteiger partial charge in [0.2, 0.25) is 0 Å². The molecule has 0 radical (unpaired) electrons. The van der Waals surface area contributed by atoms with Crippen LogP contribution in [0.5, 0.6) is 0 Å². The molecule has 0 aromatic carbocycles. The van der Waals surface area contributed by atoms with Crippen LogP contribution in [0.1, 0.15) is 6.42 Å². The Labute approximate surface area is 65.7 Å². The second-order valence-corrected chi connectivity index (χ2v) is 2.47. The van der Waals surface area contributed by atoms with Crippen molar-refractivity contribution in [2.24, 2.45) is 5.92 Å². The van der Waals surface area contributed by atoms with Crippen molar-refractivity contribution in [1.82, 2.24) is 0 Å². The number of ether oxygens (including phenoxy) is 2. The third-order valence-corrected chi connectivity index (χ3v) is 1.48. The van der Waals surface area contributed by atoms with Gasteiger partial charge < -0.3 is 9.47 Å². The second kappa shape index (κ2) is 3.99. The van der Waals surface area contributed by atoms with Gasteiger partial charge in [-0.2, -0.15) is 0 Å². The quantitative estimate of drug-likeness (QED) is 0.430. The molecule has 3 heteroatoms. The summed E-state index contributed by atoms with van der Waals surface area (Å²) in [6, 6.07) is 0. The molecule has 0 unspecified atom stereocenters. The lowest BCUT2D eigenvalue weighted by Gasteiger charge is -2.24. The van der Waals surface area contributed by atoms with E-state index in [1.54, 1.807) is 0 Å². The molecule has 1 saturated heterocycles. The normalized spacial score (nSPS) is 16.6. The minimum Gasteiger partial charge on any atom is -0.452 e. The lowest BCUT2D eigenvalue weighted by Crippen LogP contribution is -2.30. The van der Waals surface area contributed by atoms with E-state index in [1.165, 1.54) is 0 Å². The van der Waals surface area contributed by atoms with E-state index < -0.39 is 0 Å². The molecular formula is C8H10O3. The molecule has 0 bridgehead atoms. The number of carbonyl (C=O) groups is 1. The van der Waals surface area contributed by atoms with Crippen LogP contribution in [0.15, 0.2) is 0 Å². The Balaban J connectivity index is 2.06. The van der Waals surface area contributed by atoms with Gasteiger partial charge in [0.05, 0.1) is 19.6 Å². The fourth-order valence-electron chi connectivity index (χ4n) is 0.819. The minimum atomic E-state index is -0.226. The summed E-state index contributed by atoms with van der Waals surface area (Å²) in [5.41, 5.74) is 0. The third-order valence-electron chi connectivity index (χ3n) is 1.48. The highest BCUT2D eigenvalue weighted by atomic mass is 16.5. The Morgan fingerprint density at radius 3 is 2.91 bits per heavy atom. The van der Waals surface area contributed by atoms with Crippen molar-refractivity contribution in [3.05, 3.63) is 0 Å². The van der Waals surface area contributed by atoms with Gasteiger partial charge >= 0.3 is 5.97 Å². The molecule has 0 saturated carbocycles. The van der Waals surface area contributed by atoms with E-state index in [-0.39, 0.29) is 12.6 Å². The summed E-state index contributed by atoms with van der Waals surface area (Å²) in [7, 11) is 0. The summed E-state index contributed by atoms with van der Waals surface area (Å²) >= 11 is 0. The number of hydrogen-bond acceptors (Lipinski definition) is 3. The van der Waals surface area contributed by atoms with E-state index in [2.05, 4.69) is 10.7 Å². The van der Waals surface area contributed by atoms with Crippen molar-refractivity contribution in [2.75, 3.05) is 19.8 Å². The van der Waals surface area contributed by atoms with Gasteiger partial charge in [0.25, 0.3) is 0 Å². The smallest absolute Gasteiger partial charge is 0.307 e. The van der Waals surface area contributed by atoms with Crippen molar-refractivity contribution < 1.29 is 14.3 Å². The Bertz CT molecular complexity index is 176. The lowest BCUT2D eigenvalue weighted by atomic mass is 10.1. The van der Waals surface area contributed by atoms with Crippen molar-refractivity contribution >= 4 is 5.97 Å². The maximum Gasteiger partial charge on any atom is 0.307 e. The van der Waals surface area contributed by atoms with Crippen LogP contribution < -0.4 is 0 Å². The summed E-state index contributed by atoms with van der Waals surface area (Å²) in [5, 5.41) is 0. The van der Waals surface area contributed by atoms with E-state index in [9.17, 15) is 4.79 Å². The Morgan fingerprint density at radius 1 is 1.73 bits per heavy atom. The summed E-state index contributed by atoms with van der Waals surface area (Å²) in [4.78, 5) is 10.8. The second-order valence-electron chi connectivity index (χ2n) is 2.47. The maximum atomic E-state index is 10.8. The zero-order valence-electron chi connectivity index (χ0n) is 6.21. The fraction of sp³-hybridized carbons (Fsp3) is 0.625. The van der Waals surface area contributed by atoms with E-state index in [0.717, 1.165) is 0 Å². The number of rotatable bonds is 3. The van der Waals surface area contributed by atoms with Crippen LogP contribution in [0.2, 0.25) is 0 Å². The van der Waals surface area contributed by atoms with E-state index in [4.69, 9.17) is 11.2 Å². The zero-order chi connectivity index (χ0) is 8.10. The van der Waals surface area contributed by atoms with Crippen LogP contribution in [0.4, 0.5) is 0 Å². The molecule has 0 aliphatic carbocycles. The summed E-state index contributed by atoms with van der Waals surface area (Å²) < 4.78 is 9.56. The van der Waals surface area contributed by atoms with Crippen molar-refractivity contribution in [3.63, 3.8) is 0 Å². The van der Waals surface area contributed by atoms with Crippen LogP contribution in [-0.4, -0.2) is 25.8 Å². The van der Waals surface area contributed by atoms with Crippen LogP contribution in [-0.2, 0) is 14.3 Å². The molecule has 1 aliphatic rings.